The highest BCUT2D eigenvalue weighted by atomic mass is 35.5. The van der Waals surface area contributed by atoms with Crippen molar-refractivity contribution in [1.82, 2.24) is 4.40 Å². The van der Waals surface area contributed by atoms with Gasteiger partial charge in [0.2, 0.25) is 0 Å². The van der Waals surface area contributed by atoms with Gasteiger partial charge in [-0.1, -0.05) is 122 Å². The fourth-order valence-corrected chi connectivity index (χ4v) is 9.36. The first-order valence-electron chi connectivity index (χ1n) is 18.8. The summed E-state index contributed by atoms with van der Waals surface area (Å²) in [6.07, 6.45) is 25.6. The van der Waals surface area contributed by atoms with Crippen molar-refractivity contribution in [1.29, 1.82) is 0 Å². The zero-order valence-corrected chi connectivity index (χ0v) is 29.8. The molecule has 0 atom stereocenters. The maximum absolute atomic E-state index is 2.74. The Kier molecular flexibility index (Phi) is 10.6. The van der Waals surface area contributed by atoms with Crippen LogP contribution in [0.25, 0.3) is 22.5 Å². The first kappa shape index (κ1) is 33.3. The van der Waals surface area contributed by atoms with Crippen LogP contribution in [0.4, 0.5) is 0 Å². The van der Waals surface area contributed by atoms with Crippen LogP contribution in [0.5, 0.6) is 0 Å². The molecule has 0 aliphatic heterocycles. The number of rotatable bonds is 7. The molecule has 0 saturated heterocycles. The molecule has 2 heterocycles. The average Bonchev–Trinajstić information content (AvgIpc) is 3.53. The summed E-state index contributed by atoms with van der Waals surface area (Å²) in [7, 11) is 0. The van der Waals surface area contributed by atoms with Crippen molar-refractivity contribution in [3.8, 4) is 16.9 Å². The number of fused-ring (bicyclic) bond motifs is 1. The quantitative estimate of drug-likeness (QED) is 0.179. The molecule has 2 nitrogen and oxygen atoms in total. The predicted octanol–water partition coefficient (Wildman–Crippen LogP) is 9.28. The van der Waals surface area contributed by atoms with Crippen molar-refractivity contribution in [2.75, 3.05) is 0 Å². The third kappa shape index (κ3) is 6.58. The monoisotopic (exact) mass is 636 g/mol. The molecular formula is C43H57ClN2. The summed E-state index contributed by atoms with van der Waals surface area (Å²) < 4.78 is 5.01. The number of nitrogens with zero attached hydrogens (tertiary/aromatic N) is 2. The van der Waals surface area contributed by atoms with Crippen LogP contribution in [-0.2, 0) is 0 Å². The number of hydrogen-bond acceptors (Lipinski definition) is 0. The minimum atomic E-state index is 0. The standard InChI is InChI=1S/C43H57N2.ClH/c1-30(2)37-23-15-24-38(31(3)4)43(37)44-28-36-22-14-25-41(45(36)29-44)42-39(33-18-10-6-11-19-33)26-35(32-16-8-5-9-17-32)27-40(42)34-20-12-7-13-21-34;/h14-15,22-34H,5-13,16-21H2,1-4H3;1H/q+1;/p-1. The van der Waals surface area contributed by atoms with E-state index in [4.69, 9.17) is 0 Å². The lowest BCUT2D eigenvalue weighted by Gasteiger charge is -2.32. The van der Waals surface area contributed by atoms with E-state index in [1.54, 1.807) is 22.3 Å². The number of pyridine rings is 1. The number of imidazole rings is 1. The Balaban J connectivity index is 0.00000372. The van der Waals surface area contributed by atoms with E-state index in [1.807, 2.05) is 0 Å². The van der Waals surface area contributed by atoms with Gasteiger partial charge in [-0.15, -0.1) is 0 Å². The molecule has 4 aromatic rings. The second-order valence-corrected chi connectivity index (χ2v) is 15.5. The van der Waals surface area contributed by atoms with Gasteiger partial charge in [0.25, 0.3) is 6.33 Å². The molecule has 0 bridgehead atoms. The smallest absolute Gasteiger partial charge is 0.254 e. The van der Waals surface area contributed by atoms with Crippen molar-refractivity contribution in [2.45, 2.75) is 154 Å². The van der Waals surface area contributed by atoms with Crippen LogP contribution < -0.4 is 17.0 Å². The largest absolute Gasteiger partial charge is 1.00 e. The highest BCUT2D eigenvalue weighted by Crippen LogP contribution is 2.47. The molecule has 3 saturated carbocycles. The lowest BCUT2D eigenvalue weighted by Crippen LogP contribution is -3.00. The molecule has 0 amide bonds. The summed E-state index contributed by atoms with van der Waals surface area (Å²) in [5.74, 6) is 3.07. The molecule has 3 heteroatoms. The summed E-state index contributed by atoms with van der Waals surface area (Å²) in [4.78, 5) is 0. The van der Waals surface area contributed by atoms with Crippen LogP contribution in [0.2, 0.25) is 0 Å². The summed E-state index contributed by atoms with van der Waals surface area (Å²) in [6.45, 7) is 9.36. The molecule has 3 fully saturated rings. The molecule has 0 radical (unpaired) electrons. The minimum absolute atomic E-state index is 0. The van der Waals surface area contributed by atoms with E-state index in [9.17, 15) is 0 Å². The lowest BCUT2D eigenvalue weighted by molar-refractivity contribution is -0.595. The van der Waals surface area contributed by atoms with E-state index >= 15 is 0 Å². The summed E-state index contributed by atoms with van der Waals surface area (Å²) in [5.41, 5.74) is 13.6. The third-order valence-electron chi connectivity index (χ3n) is 11.8. The number of halogens is 1. The zero-order chi connectivity index (χ0) is 30.9. The molecule has 0 N–H and O–H groups in total. The number of aromatic nitrogens is 2. The second kappa shape index (κ2) is 14.7. The number of hydrogen-bond donors (Lipinski definition) is 0. The number of benzene rings is 2. The molecule has 3 aliphatic carbocycles. The van der Waals surface area contributed by atoms with Gasteiger partial charge in [0, 0.05) is 16.7 Å². The molecular weight excluding hydrogens is 580 g/mol. The minimum Gasteiger partial charge on any atom is -1.00 e. The molecule has 2 aromatic carbocycles. The lowest BCUT2D eigenvalue weighted by atomic mass is 9.73. The molecule has 246 valence electrons. The molecule has 0 spiro atoms. The van der Waals surface area contributed by atoms with E-state index in [0.29, 0.717) is 23.7 Å². The van der Waals surface area contributed by atoms with Crippen molar-refractivity contribution in [3.63, 3.8) is 0 Å². The van der Waals surface area contributed by atoms with Crippen molar-refractivity contribution < 1.29 is 17.0 Å². The Hall–Kier alpha value is -2.58. The van der Waals surface area contributed by atoms with Gasteiger partial charge < -0.3 is 12.4 Å². The van der Waals surface area contributed by atoms with Gasteiger partial charge >= 0.3 is 0 Å². The summed E-state index contributed by atoms with van der Waals surface area (Å²) >= 11 is 0. The summed E-state index contributed by atoms with van der Waals surface area (Å²) in [5, 5.41) is 0. The normalized spacial score (nSPS) is 18.8. The maximum atomic E-state index is 2.74. The van der Waals surface area contributed by atoms with E-state index in [2.05, 4.69) is 97.7 Å². The molecule has 7 rings (SSSR count). The van der Waals surface area contributed by atoms with Gasteiger partial charge in [-0.2, -0.15) is 4.40 Å². The van der Waals surface area contributed by atoms with Crippen molar-refractivity contribution in [2.24, 2.45) is 0 Å². The Morgan fingerprint density at radius 1 is 0.609 bits per heavy atom. The highest BCUT2D eigenvalue weighted by Gasteiger charge is 2.31. The SMILES string of the molecule is CC(C)c1cccc(C(C)C)c1-[n+]1cc2cccc(-c3c(C4CCCCC4)cc(C4CCCCC4)cc3C3CCCCC3)n2c1.[Cl-]. The van der Waals surface area contributed by atoms with Crippen LogP contribution in [0, 0.1) is 0 Å². The molecule has 46 heavy (non-hydrogen) atoms. The highest BCUT2D eigenvalue weighted by molar-refractivity contribution is 5.73. The Morgan fingerprint density at radius 3 is 1.59 bits per heavy atom. The van der Waals surface area contributed by atoms with Gasteiger partial charge in [0.05, 0.1) is 0 Å². The second-order valence-electron chi connectivity index (χ2n) is 15.5. The zero-order valence-electron chi connectivity index (χ0n) is 29.0. The summed E-state index contributed by atoms with van der Waals surface area (Å²) in [6, 6.07) is 19.5. The van der Waals surface area contributed by atoms with E-state index in [1.165, 1.54) is 124 Å². The number of para-hydroxylation sites is 1. The Morgan fingerprint density at radius 2 is 1.09 bits per heavy atom. The van der Waals surface area contributed by atoms with Crippen molar-refractivity contribution in [3.05, 3.63) is 88.9 Å². The van der Waals surface area contributed by atoms with Gasteiger partial charge in [0.15, 0.2) is 5.52 Å². The first-order chi connectivity index (χ1) is 22.0. The van der Waals surface area contributed by atoms with Crippen LogP contribution in [0.3, 0.4) is 0 Å². The maximum Gasteiger partial charge on any atom is 0.254 e. The molecule has 2 aromatic heterocycles. The fraction of sp³-hybridized carbons (Fsp3) is 0.558. The van der Waals surface area contributed by atoms with Crippen LogP contribution in [-0.4, -0.2) is 4.40 Å². The first-order valence-corrected chi connectivity index (χ1v) is 18.8. The van der Waals surface area contributed by atoms with E-state index in [-0.39, 0.29) is 12.4 Å². The van der Waals surface area contributed by atoms with Gasteiger partial charge in [-0.05, 0) is 96.9 Å². The molecule has 0 unspecified atom stereocenters. The van der Waals surface area contributed by atoms with Crippen LogP contribution in [0.15, 0.2) is 61.1 Å². The van der Waals surface area contributed by atoms with Crippen molar-refractivity contribution >= 4 is 5.52 Å². The Bertz CT molecular complexity index is 1540. The third-order valence-corrected chi connectivity index (χ3v) is 11.8. The topological polar surface area (TPSA) is 8.29 Å². The Labute approximate surface area is 285 Å². The van der Waals surface area contributed by atoms with Gasteiger partial charge in [0.1, 0.15) is 17.6 Å². The van der Waals surface area contributed by atoms with E-state index in [0.717, 1.165) is 5.92 Å². The fourth-order valence-electron chi connectivity index (χ4n) is 9.36. The van der Waals surface area contributed by atoms with E-state index < -0.39 is 0 Å². The predicted molar refractivity (Wildman–Crippen MR) is 190 cm³/mol. The molecule has 3 aliphatic rings. The average molecular weight is 637 g/mol. The van der Waals surface area contributed by atoms with Gasteiger partial charge in [-0.25, -0.2) is 4.57 Å². The van der Waals surface area contributed by atoms with Crippen LogP contribution in [0.1, 0.15) is 181 Å². The van der Waals surface area contributed by atoms with Gasteiger partial charge in [-0.3, -0.25) is 0 Å². The van der Waals surface area contributed by atoms with Crippen LogP contribution >= 0.6 is 0 Å².